The number of rotatable bonds is 2. The summed E-state index contributed by atoms with van der Waals surface area (Å²) in [6, 6.07) is -1.18. The smallest absolute Gasteiger partial charge is 0.410 e. The SMILES string of the molecule is CC(C)(C)OC(=O)N1[C@@H]2CC[C@H]1[C@@H](C(=O)O)[C@@H]2C(=O)O. The summed E-state index contributed by atoms with van der Waals surface area (Å²) in [5.74, 6) is -4.45. The lowest BCUT2D eigenvalue weighted by Gasteiger charge is -2.27. The molecule has 2 bridgehead atoms. The van der Waals surface area contributed by atoms with Crippen molar-refractivity contribution in [2.75, 3.05) is 0 Å². The van der Waals surface area contributed by atoms with Gasteiger partial charge in [0.2, 0.25) is 0 Å². The molecule has 0 radical (unpaired) electrons. The molecule has 0 saturated carbocycles. The van der Waals surface area contributed by atoms with Gasteiger partial charge in [-0.2, -0.15) is 0 Å². The second-order valence-corrected chi connectivity index (χ2v) is 6.33. The van der Waals surface area contributed by atoms with Crippen molar-refractivity contribution in [1.29, 1.82) is 0 Å². The van der Waals surface area contributed by atoms with Crippen LogP contribution in [0.3, 0.4) is 0 Å². The van der Waals surface area contributed by atoms with Crippen LogP contribution in [0.5, 0.6) is 0 Å². The third-order valence-corrected chi connectivity index (χ3v) is 3.86. The van der Waals surface area contributed by atoms with Crippen LogP contribution in [-0.2, 0) is 14.3 Å². The van der Waals surface area contributed by atoms with Gasteiger partial charge in [-0.1, -0.05) is 0 Å². The quantitative estimate of drug-likeness (QED) is 0.789. The van der Waals surface area contributed by atoms with Gasteiger partial charge >= 0.3 is 18.0 Å². The Morgan fingerprint density at radius 3 is 1.70 bits per heavy atom. The Labute approximate surface area is 116 Å². The molecule has 2 saturated heterocycles. The summed E-state index contributed by atoms with van der Waals surface area (Å²) in [5.41, 5.74) is -0.698. The standard InChI is InChI=1S/C13H19NO6/c1-13(2,3)20-12(19)14-6-4-5-7(14)9(11(17)18)8(6)10(15)16/h6-9H,4-5H2,1-3H3,(H,15,16)(H,17,18)/t6-,7+,8-,9-/m1/s1. The summed E-state index contributed by atoms with van der Waals surface area (Å²) in [5, 5.41) is 18.5. The second-order valence-electron chi connectivity index (χ2n) is 6.33. The number of ether oxygens (including phenoxy) is 1. The van der Waals surface area contributed by atoms with Crippen LogP contribution in [0.2, 0.25) is 0 Å². The zero-order chi connectivity index (χ0) is 15.2. The van der Waals surface area contributed by atoms with Gasteiger partial charge in [0.15, 0.2) is 0 Å². The Morgan fingerprint density at radius 2 is 1.40 bits per heavy atom. The maximum Gasteiger partial charge on any atom is 0.410 e. The summed E-state index contributed by atoms with van der Waals surface area (Å²) < 4.78 is 5.26. The fourth-order valence-corrected chi connectivity index (χ4v) is 3.27. The van der Waals surface area contributed by atoms with Gasteiger partial charge in [-0.3, -0.25) is 9.59 Å². The number of carboxylic acids is 2. The van der Waals surface area contributed by atoms with Crippen molar-refractivity contribution in [2.45, 2.75) is 51.3 Å². The van der Waals surface area contributed by atoms with E-state index in [1.165, 1.54) is 4.90 Å². The number of hydrogen-bond donors (Lipinski definition) is 2. The van der Waals surface area contributed by atoms with Gasteiger partial charge < -0.3 is 19.8 Å². The number of hydrogen-bond acceptors (Lipinski definition) is 4. The van der Waals surface area contributed by atoms with Crippen molar-refractivity contribution in [3.05, 3.63) is 0 Å². The van der Waals surface area contributed by atoms with Gasteiger partial charge in [-0.15, -0.1) is 0 Å². The number of nitrogens with zero attached hydrogens (tertiary/aromatic N) is 1. The van der Waals surface area contributed by atoms with Gasteiger partial charge in [0, 0.05) is 12.1 Å². The number of carbonyl (C=O) groups is 3. The first kappa shape index (κ1) is 14.6. The number of fused-ring (bicyclic) bond motifs is 2. The first-order valence-corrected chi connectivity index (χ1v) is 6.60. The lowest BCUT2D eigenvalue weighted by atomic mass is 9.79. The van der Waals surface area contributed by atoms with Crippen LogP contribution < -0.4 is 0 Å². The van der Waals surface area contributed by atoms with Gasteiger partial charge in [-0.25, -0.2) is 4.79 Å². The van der Waals surface area contributed by atoms with E-state index in [0.717, 1.165) is 0 Å². The predicted molar refractivity (Wildman–Crippen MR) is 67.1 cm³/mol. The van der Waals surface area contributed by atoms with Crippen LogP contribution in [0.1, 0.15) is 33.6 Å². The zero-order valence-electron chi connectivity index (χ0n) is 11.7. The van der Waals surface area contributed by atoms with E-state index >= 15 is 0 Å². The van der Waals surface area contributed by atoms with Crippen LogP contribution in [0, 0.1) is 11.8 Å². The summed E-state index contributed by atoms with van der Waals surface area (Å²) in [7, 11) is 0. The van der Waals surface area contributed by atoms with Crippen LogP contribution >= 0.6 is 0 Å². The van der Waals surface area contributed by atoms with Crippen molar-refractivity contribution in [2.24, 2.45) is 11.8 Å². The molecule has 0 aromatic rings. The van der Waals surface area contributed by atoms with E-state index in [2.05, 4.69) is 0 Å². The third kappa shape index (κ3) is 2.32. The molecule has 0 aromatic carbocycles. The minimum Gasteiger partial charge on any atom is -0.481 e. The van der Waals surface area contributed by atoms with Gasteiger partial charge in [0.1, 0.15) is 5.60 Å². The fourth-order valence-electron chi connectivity index (χ4n) is 3.27. The molecule has 2 aliphatic heterocycles. The monoisotopic (exact) mass is 285 g/mol. The predicted octanol–water partition coefficient (Wildman–Crippen LogP) is 1.17. The highest BCUT2D eigenvalue weighted by Crippen LogP contribution is 2.46. The van der Waals surface area contributed by atoms with E-state index in [-0.39, 0.29) is 0 Å². The van der Waals surface area contributed by atoms with Gasteiger partial charge in [0.25, 0.3) is 0 Å². The van der Waals surface area contributed by atoms with Crippen LogP contribution in [0.4, 0.5) is 4.79 Å². The molecule has 2 rings (SSSR count). The molecule has 2 aliphatic rings. The van der Waals surface area contributed by atoms with Crippen molar-refractivity contribution in [3.63, 3.8) is 0 Å². The maximum absolute atomic E-state index is 12.2. The molecule has 0 aliphatic carbocycles. The molecule has 2 fully saturated rings. The fraction of sp³-hybridized carbons (Fsp3) is 0.769. The van der Waals surface area contributed by atoms with Crippen LogP contribution in [0.25, 0.3) is 0 Å². The molecule has 2 N–H and O–H groups in total. The average molecular weight is 285 g/mol. The summed E-state index contributed by atoms with van der Waals surface area (Å²) in [6.07, 6.45) is 0.384. The molecule has 4 atom stereocenters. The number of aliphatic carboxylic acids is 2. The Morgan fingerprint density at radius 1 is 1.00 bits per heavy atom. The number of carbonyl (C=O) groups excluding carboxylic acids is 1. The molecular formula is C13H19NO6. The van der Waals surface area contributed by atoms with Crippen molar-refractivity contribution < 1.29 is 29.3 Å². The van der Waals surface area contributed by atoms with E-state index in [1.807, 2.05) is 0 Å². The third-order valence-electron chi connectivity index (χ3n) is 3.86. The largest absolute Gasteiger partial charge is 0.481 e. The maximum atomic E-state index is 12.2. The number of carboxylic acid groups (broad SMARTS) is 2. The molecule has 7 heteroatoms. The van der Waals surface area contributed by atoms with Crippen molar-refractivity contribution >= 4 is 18.0 Å². The van der Waals surface area contributed by atoms with Crippen LogP contribution in [0.15, 0.2) is 0 Å². The lowest BCUT2D eigenvalue weighted by Crippen LogP contribution is -2.41. The highest BCUT2D eigenvalue weighted by atomic mass is 16.6. The zero-order valence-corrected chi connectivity index (χ0v) is 11.7. The molecule has 20 heavy (non-hydrogen) atoms. The minimum atomic E-state index is -1.17. The Bertz CT molecular complexity index is 426. The van der Waals surface area contributed by atoms with E-state index in [0.29, 0.717) is 12.8 Å². The Hall–Kier alpha value is -1.79. The first-order valence-electron chi connectivity index (χ1n) is 6.60. The molecule has 112 valence electrons. The Kier molecular flexibility index (Phi) is 3.39. The van der Waals surface area contributed by atoms with Crippen molar-refractivity contribution in [1.82, 2.24) is 4.90 Å². The van der Waals surface area contributed by atoms with E-state index in [9.17, 15) is 24.6 Å². The summed E-state index contributed by atoms with van der Waals surface area (Å²) in [4.78, 5) is 36.1. The van der Waals surface area contributed by atoms with E-state index in [1.54, 1.807) is 20.8 Å². The highest BCUT2D eigenvalue weighted by Gasteiger charge is 2.61. The highest BCUT2D eigenvalue weighted by molar-refractivity contribution is 5.85. The molecular weight excluding hydrogens is 266 g/mol. The number of amides is 1. The normalized spacial score (nSPS) is 32.2. The van der Waals surface area contributed by atoms with Crippen LogP contribution in [-0.4, -0.2) is 50.8 Å². The molecule has 0 spiro atoms. The molecule has 0 unspecified atom stereocenters. The topological polar surface area (TPSA) is 104 Å². The molecule has 7 nitrogen and oxygen atoms in total. The van der Waals surface area contributed by atoms with E-state index < -0.39 is 47.6 Å². The molecule has 1 amide bonds. The second kappa shape index (κ2) is 4.64. The average Bonchev–Trinajstić information content (AvgIpc) is 2.80. The van der Waals surface area contributed by atoms with Gasteiger partial charge in [0.05, 0.1) is 11.8 Å². The van der Waals surface area contributed by atoms with Crippen molar-refractivity contribution in [3.8, 4) is 0 Å². The van der Waals surface area contributed by atoms with E-state index in [4.69, 9.17) is 4.74 Å². The van der Waals surface area contributed by atoms with Gasteiger partial charge in [-0.05, 0) is 33.6 Å². The first-order chi connectivity index (χ1) is 9.13. The lowest BCUT2D eigenvalue weighted by molar-refractivity contribution is -0.154. The Balaban J connectivity index is 2.27. The molecule has 2 heterocycles. The summed E-state index contributed by atoms with van der Waals surface area (Å²) >= 11 is 0. The summed E-state index contributed by atoms with van der Waals surface area (Å²) in [6.45, 7) is 5.14. The molecule has 0 aromatic heterocycles. The minimum absolute atomic E-state index is 0.505.